The van der Waals surface area contributed by atoms with E-state index >= 15 is 0 Å². The summed E-state index contributed by atoms with van der Waals surface area (Å²) in [5.41, 5.74) is 7.29. The van der Waals surface area contributed by atoms with Crippen LogP contribution in [-0.4, -0.2) is 23.1 Å². The lowest BCUT2D eigenvalue weighted by Gasteiger charge is -2.05. The molecule has 0 aromatic carbocycles. The van der Waals surface area contributed by atoms with E-state index in [0.717, 1.165) is 17.5 Å². The summed E-state index contributed by atoms with van der Waals surface area (Å²) in [6.45, 7) is 0.924. The lowest BCUT2D eigenvalue weighted by Crippen LogP contribution is -2.02. The molecule has 0 saturated heterocycles. The van der Waals surface area contributed by atoms with E-state index in [1.807, 2.05) is 24.4 Å². The molecule has 0 atom stereocenters. The van der Waals surface area contributed by atoms with Crippen LogP contribution in [-0.2, 0) is 6.42 Å². The van der Waals surface area contributed by atoms with E-state index in [1.165, 1.54) is 0 Å². The Labute approximate surface area is 112 Å². The summed E-state index contributed by atoms with van der Waals surface area (Å²) in [5, 5.41) is 0. The van der Waals surface area contributed by atoms with Gasteiger partial charge in [-0.1, -0.05) is 17.9 Å². The molecule has 4 heteroatoms. The predicted molar refractivity (Wildman–Crippen MR) is 73.6 cm³/mol. The SMILES string of the molecule is NCC#Cc1cncc(OCCc2cccnc2)c1. The van der Waals surface area contributed by atoms with Gasteiger partial charge in [0, 0.05) is 30.6 Å². The highest BCUT2D eigenvalue weighted by Gasteiger charge is 1.97. The van der Waals surface area contributed by atoms with E-state index in [1.54, 1.807) is 18.6 Å². The van der Waals surface area contributed by atoms with Crippen LogP contribution in [0.5, 0.6) is 5.75 Å². The van der Waals surface area contributed by atoms with Gasteiger partial charge in [-0.2, -0.15) is 0 Å². The normalized spacial score (nSPS) is 9.53. The van der Waals surface area contributed by atoms with Crippen molar-refractivity contribution in [3.05, 3.63) is 54.1 Å². The fourth-order valence-corrected chi connectivity index (χ4v) is 1.55. The van der Waals surface area contributed by atoms with Gasteiger partial charge in [0.2, 0.25) is 0 Å². The molecule has 2 aromatic rings. The van der Waals surface area contributed by atoms with Gasteiger partial charge in [0.05, 0.1) is 19.3 Å². The Hall–Kier alpha value is -2.38. The summed E-state index contributed by atoms with van der Waals surface area (Å²) in [5.74, 6) is 6.43. The zero-order chi connectivity index (χ0) is 13.3. The molecule has 19 heavy (non-hydrogen) atoms. The van der Waals surface area contributed by atoms with Crippen molar-refractivity contribution < 1.29 is 4.74 Å². The molecule has 0 bridgehead atoms. The van der Waals surface area contributed by atoms with Gasteiger partial charge in [0.15, 0.2) is 0 Å². The van der Waals surface area contributed by atoms with Crippen LogP contribution in [0.15, 0.2) is 43.0 Å². The molecule has 0 amide bonds. The van der Waals surface area contributed by atoms with Gasteiger partial charge in [0.1, 0.15) is 5.75 Å². The van der Waals surface area contributed by atoms with E-state index in [-0.39, 0.29) is 0 Å². The molecule has 4 nitrogen and oxygen atoms in total. The minimum absolute atomic E-state index is 0.339. The summed E-state index contributed by atoms with van der Waals surface area (Å²) in [7, 11) is 0. The largest absolute Gasteiger partial charge is 0.492 e. The number of nitrogens with two attached hydrogens (primary N) is 1. The number of nitrogens with zero attached hydrogens (tertiary/aromatic N) is 2. The van der Waals surface area contributed by atoms with Crippen molar-refractivity contribution >= 4 is 0 Å². The molecule has 0 aliphatic rings. The van der Waals surface area contributed by atoms with Gasteiger partial charge < -0.3 is 10.5 Å². The third kappa shape index (κ3) is 4.41. The Bertz CT molecular complexity index is 573. The molecule has 0 spiro atoms. The molecule has 0 unspecified atom stereocenters. The topological polar surface area (TPSA) is 61.0 Å². The minimum Gasteiger partial charge on any atom is -0.492 e. The average Bonchev–Trinajstić information content (AvgIpc) is 2.47. The van der Waals surface area contributed by atoms with Crippen LogP contribution in [0.2, 0.25) is 0 Å². The van der Waals surface area contributed by atoms with Gasteiger partial charge in [-0.3, -0.25) is 9.97 Å². The van der Waals surface area contributed by atoms with E-state index in [9.17, 15) is 0 Å². The standard InChI is InChI=1S/C15H15N3O/c16-6-1-3-14-9-15(12-18-11-14)19-8-5-13-4-2-7-17-10-13/h2,4,7,9-12H,5-6,8,16H2. The van der Waals surface area contributed by atoms with E-state index in [0.29, 0.717) is 18.9 Å². The maximum Gasteiger partial charge on any atom is 0.138 e. The lowest BCUT2D eigenvalue weighted by molar-refractivity contribution is 0.320. The fraction of sp³-hybridized carbons (Fsp3) is 0.200. The van der Waals surface area contributed by atoms with E-state index in [4.69, 9.17) is 10.5 Å². The summed E-state index contributed by atoms with van der Waals surface area (Å²) in [4.78, 5) is 8.14. The molecule has 0 fully saturated rings. The molecule has 2 aromatic heterocycles. The number of aromatic nitrogens is 2. The smallest absolute Gasteiger partial charge is 0.138 e. The summed E-state index contributed by atoms with van der Waals surface area (Å²) in [6, 6.07) is 5.80. The first-order valence-corrected chi connectivity index (χ1v) is 6.04. The highest BCUT2D eigenvalue weighted by molar-refractivity contribution is 5.36. The van der Waals surface area contributed by atoms with Crippen LogP contribution < -0.4 is 10.5 Å². The Morgan fingerprint density at radius 1 is 1.21 bits per heavy atom. The summed E-state index contributed by atoms with van der Waals surface area (Å²) < 4.78 is 5.64. The van der Waals surface area contributed by atoms with Crippen LogP contribution in [0, 0.1) is 11.8 Å². The minimum atomic E-state index is 0.339. The molecule has 2 N–H and O–H groups in total. The van der Waals surface area contributed by atoms with Gasteiger partial charge in [-0.25, -0.2) is 0 Å². The number of pyridine rings is 2. The summed E-state index contributed by atoms with van der Waals surface area (Å²) in [6.07, 6.45) is 7.78. The first kappa shape index (κ1) is 13.1. The van der Waals surface area contributed by atoms with Crippen LogP contribution >= 0.6 is 0 Å². The lowest BCUT2D eigenvalue weighted by atomic mass is 10.2. The quantitative estimate of drug-likeness (QED) is 0.837. The number of rotatable bonds is 4. The second kappa shape index (κ2) is 7.14. The second-order valence-corrected chi connectivity index (χ2v) is 3.87. The maximum absolute atomic E-state index is 5.64. The Morgan fingerprint density at radius 3 is 2.95 bits per heavy atom. The maximum atomic E-state index is 5.64. The van der Waals surface area contributed by atoms with Crippen molar-refractivity contribution in [2.45, 2.75) is 6.42 Å². The van der Waals surface area contributed by atoms with Crippen LogP contribution in [0.25, 0.3) is 0 Å². The zero-order valence-electron chi connectivity index (χ0n) is 10.5. The van der Waals surface area contributed by atoms with Crippen molar-refractivity contribution in [3.63, 3.8) is 0 Å². The first-order valence-electron chi connectivity index (χ1n) is 6.04. The molecule has 0 radical (unpaired) electrons. The highest BCUT2D eigenvalue weighted by atomic mass is 16.5. The van der Waals surface area contributed by atoms with Crippen LogP contribution in [0.3, 0.4) is 0 Å². The monoisotopic (exact) mass is 253 g/mol. The summed E-state index contributed by atoms with van der Waals surface area (Å²) >= 11 is 0. The van der Waals surface area contributed by atoms with E-state index in [2.05, 4.69) is 21.8 Å². The molecular formula is C15H15N3O. The molecule has 0 saturated carbocycles. The molecule has 0 aliphatic heterocycles. The van der Waals surface area contributed by atoms with Gasteiger partial charge >= 0.3 is 0 Å². The van der Waals surface area contributed by atoms with Gasteiger partial charge in [-0.05, 0) is 17.7 Å². The number of hydrogen-bond acceptors (Lipinski definition) is 4. The molecule has 96 valence electrons. The number of ether oxygens (including phenoxy) is 1. The molecule has 2 rings (SSSR count). The molecule has 2 heterocycles. The molecule has 0 aliphatic carbocycles. The van der Waals surface area contributed by atoms with Gasteiger partial charge in [-0.15, -0.1) is 0 Å². The fourth-order valence-electron chi connectivity index (χ4n) is 1.55. The van der Waals surface area contributed by atoms with E-state index < -0.39 is 0 Å². The third-order valence-corrected chi connectivity index (χ3v) is 2.43. The van der Waals surface area contributed by atoms with Crippen molar-refractivity contribution in [2.24, 2.45) is 5.73 Å². The van der Waals surface area contributed by atoms with Crippen LogP contribution in [0.4, 0.5) is 0 Å². The van der Waals surface area contributed by atoms with Crippen molar-refractivity contribution in [1.29, 1.82) is 0 Å². The molecular weight excluding hydrogens is 238 g/mol. The highest BCUT2D eigenvalue weighted by Crippen LogP contribution is 2.11. The van der Waals surface area contributed by atoms with Gasteiger partial charge in [0.25, 0.3) is 0 Å². The Kier molecular flexibility index (Phi) is 4.91. The third-order valence-electron chi connectivity index (χ3n) is 2.43. The van der Waals surface area contributed by atoms with Crippen molar-refractivity contribution in [1.82, 2.24) is 9.97 Å². The Balaban J connectivity index is 1.89. The zero-order valence-corrected chi connectivity index (χ0v) is 10.5. The Morgan fingerprint density at radius 2 is 2.16 bits per heavy atom. The second-order valence-electron chi connectivity index (χ2n) is 3.87. The average molecular weight is 253 g/mol. The van der Waals surface area contributed by atoms with Crippen molar-refractivity contribution in [3.8, 4) is 17.6 Å². The predicted octanol–water partition coefficient (Wildman–Crippen LogP) is 1.41. The number of hydrogen-bond donors (Lipinski definition) is 1. The van der Waals surface area contributed by atoms with Crippen molar-refractivity contribution in [2.75, 3.05) is 13.2 Å². The van der Waals surface area contributed by atoms with Crippen LogP contribution in [0.1, 0.15) is 11.1 Å². The first-order chi connectivity index (χ1) is 9.38.